The highest BCUT2D eigenvalue weighted by Crippen LogP contribution is 2.31. The molecule has 2 aliphatic rings. The van der Waals surface area contributed by atoms with Crippen LogP contribution >= 0.6 is 0 Å². The lowest BCUT2D eigenvalue weighted by Gasteiger charge is -2.28. The van der Waals surface area contributed by atoms with E-state index in [-0.39, 0.29) is 0 Å². The third-order valence-electron chi connectivity index (χ3n) is 6.65. The molecule has 2 aromatic carbocycles. The van der Waals surface area contributed by atoms with Crippen LogP contribution in [0.5, 0.6) is 0 Å². The van der Waals surface area contributed by atoms with Crippen LogP contribution in [0.2, 0.25) is 0 Å². The van der Waals surface area contributed by atoms with Gasteiger partial charge >= 0.3 is 0 Å². The molecular weight excluding hydrogens is 434 g/mol. The molecule has 0 radical (unpaired) electrons. The summed E-state index contributed by atoms with van der Waals surface area (Å²) in [6, 6.07) is 17.2. The highest BCUT2D eigenvalue weighted by atomic mass is 32.2. The SMILES string of the molecule is O=S(=O)(NC[C@H]1CC[C@H](CNc2nc(NC3CC3)c3ccccc3n2)CC1)c1ccccc1. The van der Waals surface area contributed by atoms with Crippen molar-refractivity contribution in [2.75, 3.05) is 23.7 Å². The average molecular weight is 466 g/mol. The van der Waals surface area contributed by atoms with E-state index in [4.69, 9.17) is 9.97 Å². The summed E-state index contributed by atoms with van der Waals surface area (Å²) in [5.74, 6) is 2.52. The van der Waals surface area contributed by atoms with Crippen molar-refractivity contribution >= 4 is 32.7 Å². The number of para-hydroxylation sites is 1. The van der Waals surface area contributed by atoms with Crippen LogP contribution in [0.15, 0.2) is 59.5 Å². The molecule has 0 atom stereocenters. The van der Waals surface area contributed by atoms with Crippen LogP contribution in [0.25, 0.3) is 10.9 Å². The summed E-state index contributed by atoms with van der Waals surface area (Å²) in [5, 5.41) is 8.06. The van der Waals surface area contributed by atoms with Gasteiger partial charge in [-0.2, -0.15) is 4.98 Å². The molecule has 2 aliphatic carbocycles. The van der Waals surface area contributed by atoms with Crippen molar-refractivity contribution in [1.29, 1.82) is 0 Å². The minimum atomic E-state index is -3.43. The summed E-state index contributed by atoms with van der Waals surface area (Å²) in [4.78, 5) is 9.79. The van der Waals surface area contributed by atoms with Crippen molar-refractivity contribution in [3.05, 3.63) is 54.6 Å². The minimum absolute atomic E-state index is 0.328. The van der Waals surface area contributed by atoms with E-state index in [2.05, 4.69) is 21.4 Å². The van der Waals surface area contributed by atoms with Gasteiger partial charge in [-0.3, -0.25) is 0 Å². The Bertz CT molecular complexity index is 1190. The van der Waals surface area contributed by atoms with Gasteiger partial charge in [0.2, 0.25) is 16.0 Å². The Morgan fingerprint density at radius 2 is 1.45 bits per heavy atom. The molecule has 8 heteroatoms. The zero-order chi connectivity index (χ0) is 22.7. The molecule has 0 aliphatic heterocycles. The number of nitrogens with zero attached hydrogens (tertiary/aromatic N) is 2. The number of hydrogen-bond acceptors (Lipinski definition) is 6. The maximum Gasteiger partial charge on any atom is 0.240 e. The Hall–Kier alpha value is -2.71. The first-order chi connectivity index (χ1) is 16.1. The van der Waals surface area contributed by atoms with Crippen molar-refractivity contribution in [1.82, 2.24) is 14.7 Å². The van der Waals surface area contributed by atoms with E-state index in [1.54, 1.807) is 24.3 Å². The highest BCUT2D eigenvalue weighted by molar-refractivity contribution is 7.89. The van der Waals surface area contributed by atoms with E-state index in [1.807, 2.05) is 24.3 Å². The minimum Gasteiger partial charge on any atom is -0.367 e. The second-order valence-electron chi connectivity index (χ2n) is 9.26. The van der Waals surface area contributed by atoms with Gasteiger partial charge in [0.15, 0.2) is 0 Å². The Labute approximate surface area is 195 Å². The number of benzene rings is 2. The predicted octanol–water partition coefficient (Wildman–Crippen LogP) is 4.40. The third-order valence-corrected chi connectivity index (χ3v) is 8.09. The van der Waals surface area contributed by atoms with Gasteiger partial charge in [-0.1, -0.05) is 30.3 Å². The lowest BCUT2D eigenvalue weighted by molar-refractivity contribution is 0.284. The third kappa shape index (κ3) is 5.62. The summed E-state index contributed by atoms with van der Waals surface area (Å²) >= 11 is 0. The fraction of sp³-hybridized carbons (Fsp3) is 0.440. The molecule has 0 amide bonds. The first-order valence-corrected chi connectivity index (χ1v) is 13.4. The lowest BCUT2D eigenvalue weighted by atomic mass is 9.82. The number of fused-ring (bicyclic) bond motifs is 1. The molecule has 174 valence electrons. The van der Waals surface area contributed by atoms with Crippen LogP contribution < -0.4 is 15.4 Å². The first kappa shape index (κ1) is 22.1. The van der Waals surface area contributed by atoms with E-state index < -0.39 is 10.0 Å². The van der Waals surface area contributed by atoms with Crippen molar-refractivity contribution in [3.8, 4) is 0 Å². The molecule has 3 N–H and O–H groups in total. The van der Waals surface area contributed by atoms with Gasteiger partial charge in [0.05, 0.1) is 10.4 Å². The topological polar surface area (TPSA) is 96.0 Å². The summed E-state index contributed by atoms with van der Waals surface area (Å²) in [6.45, 7) is 1.34. The van der Waals surface area contributed by atoms with Gasteiger partial charge in [0.1, 0.15) is 5.82 Å². The molecule has 3 aromatic rings. The number of aromatic nitrogens is 2. The van der Waals surface area contributed by atoms with Crippen LogP contribution in [-0.4, -0.2) is 37.5 Å². The van der Waals surface area contributed by atoms with Crippen molar-refractivity contribution < 1.29 is 8.42 Å². The maximum absolute atomic E-state index is 12.4. The molecule has 0 saturated heterocycles. The Kier molecular flexibility index (Phi) is 6.46. The van der Waals surface area contributed by atoms with Crippen LogP contribution in [0.4, 0.5) is 11.8 Å². The quantitative estimate of drug-likeness (QED) is 0.433. The molecule has 0 spiro atoms. The van der Waals surface area contributed by atoms with E-state index in [0.717, 1.165) is 48.9 Å². The number of sulfonamides is 1. The lowest BCUT2D eigenvalue weighted by Crippen LogP contribution is -2.32. The molecule has 1 aromatic heterocycles. The summed E-state index contributed by atoms with van der Waals surface area (Å²) in [6.07, 6.45) is 6.60. The zero-order valence-electron chi connectivity index (χ0n) is 18.7. The van der Waals surface area contributed by atoms with Crippen LogP contribution in [0, 0.1) is 11.8 Å². The van der Waals surface area contributed by atoms with Crippen LogP contribution in [0.1, 0.15) is 38.5 Å². The van der Waals surface area contributed by atoms with Crippen molar-refractivity contribution in [3.63, 3.8) is 0 Å². The normalized spacial score (nSPS) is 21.1. The van der Waals surface area contributed by atoms with Gasteiger partial charge in [-0.25, -0.2) is 18.1 Å². The average Bonchev–Trinajstić information content (AvgIpc) is 3.67. The zero-order valence-corrected chi connectivity index (χ0v) is 19.5. The van der Waals surface area contributed by atoms with E-state index in [0.29, 0.717) is 35.3 Å². The number of anilines is 2. The van der Waals surface area contributed by atoms with Crippen molar-refractivity contribution in [2.24, 2.45) is 11.8 Å². The summed E-state index contributed by atoms with van der Waals surface area (Å²) in [7, 11) is -3.43. The molecule has 7 nitrogen and oxygen atoms in total. The van der Waals surface area contributed by atoms with Crippen molar-refractivity contribution in [2.45, 2.75) is 49.5 Å². The molecule has 5 rings (SSSR count). The van der Waals surface area contributed by atoms with Gasteiger partial charge < -0.3 is 10.6 Å². The molecule has 2 fully saturated rings. The molecule has 2 saturated carbocycles. The predicted molar refractivity (Wildman–Crippen MR) is 132 cm³/mol. The van der Waals surface area contributed by atoms with Gasteiger partial charge in [0.25, 0.3) is 0 Å². The number of rotatable bonds is 9. The monoisotopic (exact) mass is 465 g/mol. The van der Waals surface area contributed by atoms with E-state index >= 15 is 0 Å². The standard InChI is InChI=1S/C25H31N5O2S/c31-33(32,21-6-2-1-3-7-21)27-17-19-12-10-18(11-13-19)16-26-25-29-23-9-5-4-8-22(23)24(30-25)28-20-14-15-20/h1-9,18-20,27H,10-17H2,(H2,26,28,29,30)/t18-,19-. The molecule has 0 bridgehead atoms. The number of hydrogen-bond donors (Lipinski definition) is 3. The Morgan fingerprint density at radius 1 is 0.788 bits per heavy atom. The molecule has 1 heterocycles. The van der Waals surface area contributed by atoms with Gasteiger partial charge in [-0.15, -0.1) is 0 Å². The molecule has 33 heavy (non-hydrogen) atoms. The van der Waals surface area contributed by atoms with Crippen LogP contribution in [-0.2, 0) is 10.0 Å². The van der Waals surface area contributed by atoms with Gasteiger partial charge in [-0.05, 0) is 74.6 Å². The second-order valence-corrected chi connectivity index (χ2v) is 11.0. The Balaban J connectivity index is 1.13. The Morgan fingerprint density at radius 3 is 2.18 bits per heavy atom. The highest BCUT2D eigenvalue weighted by Gasteiger charge is 2.25. The first-order valence-electron chi connectivity index (χ1n) is 11.9. The van der Waals surface area contributed by atoms with E-state index in [1.165, 1.54) is 12.8 Å². The smallest absolute Gasteiger partial charge is 0.240 e. The van der Waals surface area contributed by atoms with Gasteiger partial charge in [0, 0.05) is 24.5 Å². The number of nitrogens with one attached hydrogen (secondary N) is 3. The van der Waals surface area contributed by atoms with Crippen LogP contribution in [0.3, 0.4) is 0 Å². The molecular formula is C25H31N5O2S. The van der Waals surface area contributed by atoms with E-state index in [9.17, 15) is 8.42 Å². The summed E-state index contributed by atoms with van der Waals surface area (Å²) in [5.41, 5.74) is 0.951. The summed E-state index contributed by atoms with van der Waals surface area (Å²) < 4.78 is 27.7. The maximum atomic E-state index is 12.4. The fourth-order valence-electron chi connectivity index (χ4n) is 4.47. The molecule has 0 unspecified atom stereocenters. The largest absolute Gasteiger partial charge is 0.367 e. The second kappa shape index (κ2) is 9.65. The fourth-order valence-corrected chi connectivity index (χ4v) is 5.61.